The van der Waals surface area contributed by atoms with E-state index in [1.807, 2.05) is 20.8 Å². The van der Waals surface area contributed by atoms with Crippen molar-refractivity contribution in [3.63, 3.8) is 0 Å². The molecule has 18 heavy (non-hydrogen) atoms. The third-order valence-corrected chi connectivity index (χ3v) is 5.14. The Morgan fingerprint density at radius 3 is 2.44 bits per heavy atom. The van der Waals surface area contributed by atoms with Crippen molar-refractivity contribution < 1.29 is 13.2 Å². The molecular formula is C12H26N2O3S. The van der Waals surface area contributed by atoms with Gasteiger partial charge < -0.3 is 10.1 Å². The third kappa shape index (κ3) is 4.84. The van der Waals surface area contributed by atoms with E-state index in [-0.39, 0.29) is 12.1 Å². The summed E-state index contributed by atoms with van der Waals surface area (Å²) in [5.74, 6) is 0. The van der Waals surface area contributed by atoms with Crippen LogP contribution in [0.1, 0.15) is 40.5 Å². The van der Waals surface area contributed by atoms with Gasteiger partial charge in [0.05, 0.1) is 11.4 Å². The zero-order valence-corrected chi connectivity index (χ0v) is 12.6. The lowest BCUT2D eigenvalue weighted by atomic mass is 10.1. The first-order chi connectivity index (χ1) is 8.33. The van der Waals surface area contributed by atoms with Crippen LogP contribution < -0.4 is 10.0 Å². The van der Waals surface area contributed by atoms with Crippen LogP contribution in [0.5, 0.6) is 0 Å². The first-order valence-corrected chi connectivity index (χ1v) is 8.23. The van der Waals surface area contributed by atoms with Gasteiger partial charge in [-0.2, -0.15) is 0 Å². The zero-order valence-electron chi connectivity index (χ0n) is 11.8. The van der Waals surface area contributed by atoms with Crippen molar-refractivity contribution in [2.24, 2.45) is 0 Å². The van der Waals surface area contributed by atoms with Gasteiger partial charge in [-0.1, -0.05) is 13.8 Å². The highest BCUT2D eigenvalue weighted by Crippen LogP contribution is 2.16. The molecule has 0 bridgehead atoms. The molecule has 2 N–H and O–H groups in total. The number of hydrogen-bond donors (Lipinski definition) is 2. The van der Waals surface area contributed by atoms with Crippen LogP contribution in [0.4, 0.5) is 0 Å². The average molecular weight is 278 g/mol. The van der Waals surface area contributed by atoms with Crippen molar-refractivity contribution >= 4 is 10.0 Å². The van der Waals surface area contributed by atoms with Gasteiger partial charge in [-0.05, 0) is 26.7 Å². The van der Waals surface area contributed by atoms with Crippen LogP contribution in [0.2, 0.25) is 0 Å². The van der Waals surface area contributed by atoms with E-state index in [1.54, 1.807) is 6.92 Å². The Kier molecular flexibility index (Phi) is 6.04. The molecule has 1 rings (SSSR count). The minimum Gasteiger partial charge on any atom is -0.377 e. The molecule has 0 amide bonds. The molecule has 5 nitrogen and oxygen atoms in total. The predicted octanol–water partition coefficient (Wildman–Crippen LogP) is 0.860. The molecule has 0 aromatic heterocycles. The van der Waals surface area contributed by atoms with Gasteiger partial charge >= 0.3 is 0 Å². The van der Waals surface area contributed by atoms with Crippen LogP contribution in [-0.2, 0) is 14.8 Å². The standard InChI is InChI=1S/C12H26N2O3S/c1-9(2)13-8-10(3)18(15,16)14-11(4)12-6-5-7-17-12/h9-14H,5-8H2,1-4H3. The summed E-state index contributed by atoms with van der Waals surface area (Å²) in [6.07, 6.45) is 1.97. The van der Waals surface area contributed by atoms with Gasteiger partial charge in [0.15, 0.2) is 0 Å². The molecule has 108 valence electrons. The zero-order chi connectivity index (χ0) is 13.8. The second-order valence-corrected chi connectivity index (χ2v) is 7.51. The summed E-state index contributed by atoms with van der Waals surface area (Å²) in [5, 5.41) is 2.70. The topological polar surface area (TPSA) is 67.4 Å². The molecule has 0 spiro atoms. The fourth-order valence-electron chi connectivity index (χ4n) is 1.96. The average Bonchev–Trinajstić information content (AvgIpc) is 2.78. The van der Waals surface area contributed by atoms with Crippen molar-refractivity contribution in [2.45, 2.75) is 64.0 Å². The molecule has 1 saturated heterocycles. The van der Waals surface area contributed by atoms with E-state index in [1.165, 1.54) is 0 Å². The quantitative estimate of drug-likeness (QED) is 0.725. The van der Waals surface area contributed by atoms with Crippen molar-refractivity contribution in [1.82, 2.24) is 10.0 Å². The van der Waals surface area contributed by atoms with Crippen LogP contribution >= 0.6 is 0 Å². The smallest absolute Gasteiger partial charge is 0.215 e. The summed E-state index contributed by atoms with van der Waals surface area (Å²) >= 11 is 0. The molecule has 1 aliphatic rings. The largest absolute Gasteiger partial charge is 0.377 e. The van der Waals surface area contributed by atoms with Gasteiger partial charge in [0.25, 0.3) is 0 Å². The van der Waals surface area contributed by atoms with E-state index < -0.39 is 15.3 Å². The number of sulfonamides is 1. The Morgan fingerprint density at radius 1 is 1.28 bits per heavy atom. The first-order valence-electron chi connectivity index (χ1n) is 6.69. The summed E-state index contributed by atoms with van der Waals surface area (Å²) in [6.45, 7) is 8.80. The molecule has 1 aliphatic heterocycles. The highest BCUT2D eigenvalue weighted by molar-refractivity contribution is 7.90. The Morgan fingerprint density at radius 2 is 1.94 bits per heavy atom. The highest BCUT2D eigenvalue weighted by atomic mass is 32.2. The van der Waals surface area contributed by atoms with E-state index in [2.05, 4.69) is 10.0 Å². The SMILES string of the molecule is CC(C)NCC(C)S(=O)(=O)NC(C)C1CCCO1. The Hall–Kier alpha value is -0.170. The van der Waals surface area contributed by atoms with E-state index in [4.69, 9.17) is 4.74 Å². The summed E-state index contributed by atoms with van der Waals surface area (Å²) in [5.41, 5.74) is 0. The molecule has 0 saturated carbocycles. The van der Waals surface area contributed by atoms with Crippen LogP contribution in [0.25, 0.3) is 0 Å². The minimum absolute atomic E-state index is 0.0185. The van der Waals surface area contributed by atoms with Crippen molar-refractivity contribution in [3.8, 4) is 0 Å². The molecule has 1 heterocycles. The summed E-state index contributed by atoms with van der Waals surface area (Å²) < 4.78 is 32.4. The van der Waals surface area contributed by atoms with Crippen molar-refractivity contribution in [2.75, 3.05) is 13.2 Å². The monoisotopic (exact) mass is 278 g/mol. The molecule has 0 aromatic carbocycles. The van der Waals surface area contributed by atoms with E-state index >= 15 is 0 Å². The van der Waals surface area contributed by atoms with Gasteiger partial charge in [0, 0.05) is 25.2 Å². The van der Waals surface area contributed by atoms with Gasteiger partial charge in [0.1, 0.15) is 0 Å². The third-order valence-electron chi connectivity index (χ3n) is 3.22. The maximum atomic E-state index is 12.1. The van der Waals surface area contributed by atoms with E-state index in [0.29, 0.717) is 12.6 Å². The summed E-state index contributed by atoms with van der Waals surface area (Å²) in [4.78, 5) is 0. The molecule has 6 heteroatoms. The molecule has 1 fully saturated rings. The number of rotatable bonds is 7. The van der Waals surface area contributed by atoms with E-state index in [9.17, 15) is 8.42 Å². The molecule has 3 atom stereocenters. The van der Waals surface area contributed by atoms with Crippen molar-refractivity contribution in [3.05, 3.63) is 0 Å². The second-order valence-electron chi connectivity index (χ2n) is 5.38. The number of ether oxygens (including phenoxy) is 1. The normalized spacial score (nSPS) is 24.4. The number of hydrogen-bond acceptors (Lipinski definition) is 4. The Bertz CT molecular complexity index is 337. The molecule has 3 unspecified atom stereocenters. The fraction of sp³-hybridized carbons (Fsp3) is 1.00. The Balaban J connectivity index is 2.46. The van der Waals surface area contributed by atoms with Crippen LogP contribution in [0, 0.1) is 0 Å². The van der Waals surface area contributed by atoms with Gasteiger partial charge in [-0.25, -0.2) is 13.1 Å². The molecule has 0 aliphatic carbocycles. The molecular weight excluding hydrogens is 252 g/mol. The van der Waals surface area contributed by atoms with Crippen LogP contribution in [0.15, 0.2) is 0 Å². The highest BCUT2D eigenvalue weighted by Gasteiger charge is 2.28. The summed E-state index contributed by atoms with van der Waals surface area (Å²) in [7, 11) is -3.29. The maximum absolute atomic E-state index is 12.1. The lowest BCUT2D eigenvalue weighted by Crippen LogP contribution is -2.47. The van der Waals surface area contributed by atoms with E-state index in [0.717, 1.165) is 19.4 Å². The first kappa shape index (κ1) is 15.9. The fourth-order valence-corrected chi connectivity index (χ4v) is 3.18. The van der Waals surface area contributed by atoms with Crippen molar-refractivity contribution in [1.29, 1.82) is 0 Å². The Labute approximate surface area is 111 Å². The lowest BCUT2D eigenvalue weighted by Gasteiger charge is -2.23. The predicted molar refractivity (Wildman–Crippen MR) is 73.1 cm³/mol. The molecule has 0 aromatic rings. The van der Waals surface area contributed by atoms with Gasteiger partial charge in [0.2, 0.25) is 10.0 Å². The summed E-state index contributed by atoms with van der Waals surface area (Å²) in [6, 6.07) is 0.136. The lowest BCUT2D eigenvalue weighted by molar-refractivity contribution is 0.0901. The van der Waals surface area contributed by atoms with Gasteiger partial charge in [-0.3, -0.25) is 0 Å². The minimum atomic E-state index is -3.29. The second kappa shape index (κ2) is 6.84. The van der Waals surface area contributed by atoms with Crippen LogP contribution in [-0.4, -0.2) is 45.0 Å². The molecule has 0 radical (unpaired) electrons. The van der Waals surface area contributed by atoms with Crippen LogP contribution in [0.3, 0.4) is 0 Å². The maximum Gasteiger partial charge on any atom is 0.215 e. The van der Waals surface area contributed by atoms with Gasteiger partial charge in [-0.15, -0.1) is 0 Å². The number of nitrogens with one attached hydrogen (secondary N) is 2.